The number of rotatable bonds is 2. The molecule has 0 saturated carbocycles. The van der Waals surface area contributed by atoms with E-state index in [1.165, 1.54) is 0 Å². The van der Waals surface area contributed by atoms with Gasteiger partial charge in [-0.2, -0.15) is 0 Å². The van der Waals surface area contributed by atoms with E-state index in [1.54, 1.807) is 7.11 Å². The summed E-state index contributed by atoms with van der Waals surface area (Å²) < 4.78 is 6.73. The van der Waals surface area contributed by atoms with Crippen molar-refractivity contribution in [2.45, 2.75) is 6.73 Å². The lowest BCUT2D eigenvalue weighted by Gasteiger charge is -1.88. The van der Waals surface area contributed by atoms with E-state index in [-0.39, 0.29) is 17.0 Å². The average molecular weight is 193 g/mol. The van der Waals surface area contributed by atoms with Gasteiger partial charge in [-0.05, 0) is 0 Å². The molecule has 52 valence electrons. The molecule has 0 aliphatic carbocycles. The van der Waals surface area contributed by atoms with Crippen molar-refractivity contribution >= 4 is 0 Å². The van der Waals surface area contributed by atoms with Crippen LogP contribution >= 0.6 is 0 Å². The van der Waals surface area contributed by atoms with Crippen molar-refractivity contribution in [3.63, 3.8) is 0 Å². The maximum atomic E-state index is 4.83. The highest BCUT2D eigenvalue weighted by Gasteiger charge is 1.89. The van der Waals surface area contributed by atoms with Crippen LogP contribution in [-0.4, -0.2) is 12.1 Å². The number of H-pyrrole nitrogens is 1. The van der Waals surface area contributed by atoms with Gasteiger partial charge in [-0.3, -0.25) is 4.98 Å². The molecular formula is C5H9BrN2O. The number of methoxy groups -OCH3 is 1. The minimum Gasteiger partial charge on any atom is -1.00 e. The summed E-state index contributed by atoms with van der Waals surface area (Å²) in [6.07, 6.45) is 5.59. The summed E-state index contributed by atoms with van der Waals surface area (Å²) in [5.74, 6) is 0. The predicted molar refractivity (Wildman–Crippen MR) is 28.0 cm³/mol. The van der Waals surface area contributed by atoms with Crippen molar-refractivity contribution in [1.82, 2.24) is 4.98 Å². The minimum absolute atomic E-state index is 0. The molecule has 0 atom stereocenters. The zero-order valence-electron chi connectivity index (χ0n) is 5.17. The minimum atomic E-state index is 0. The molecule has 1 N–H and O–H groups in total. The van der Waals surface area contributed by atoms with Gasteiger partial charge in [0, 0.05) is 7.11 Å². The van der Waals surface area contributed by atoms with E-state index in [4.69, 9.17) is 4.74 Å². The Bertz CT molecular complexity index is 141. The summed E-state index contributed by atoms with van der Waals surface area (Å²) >= 11 is 0. The smallest absolute Gasteiger partial charge is 0.243 e. The number of nitrogens with one attached hydrogen (secondary N) is 1. The Balaban J connectivity index is 0.000000640. The van der Waals surface area contributed by atoms with Gasteiger partial charge in [0.2, 0.25) is 6.33 Å². The van der Waals surface area contributed by atoms with Crippen LogP contribution < -0.4 is 21.5 Å². The largest absolute Gasteiger partial charge is 1.00 e. The fourth-order valence-corrected chi connectivity index (χ4v) is 0.550. The van der Waals surface area contributed by atoms with Crippen molar-refractivity contribution in [3.8, 4) is 0 Å². The third-order valence-corrected chi connectivity index (χ3v) is 0.881. The topological polar surface area (TPSA) is 28.9 Å². The van der Waals surface area contributed by atoms with Gasteiger partial charge in [-0.15, -0.1) is 0 Å². The monoisotopic (exact) mass is 192 g/mol. The van der Waals surface area contributed by atoms with E-state index in [2.05, 4.69) is 4.98 Å². The van der Waals surface area contributed by atoms with Gasteiger partial charge in [0.05, 0.1) is 0 Å². The summed E-state index contributed by atoms with van der Waals surface area (Å²) in [6, 6.07) is 0. The molecule has 9 heavy (non-hydrogen) atoms. The van der Waals surface area contributed by atoms with Gasteiger partial charge >= 0.3 is 0 Å². The molecule has 0 bridgehead atoms. The highest BCUT2D eigenvalue weighted by molar-refractivity contribution is 4.54. The fourth-order valence-electron chi connectivity index (χ4n) is 0.550. The molecule has 0 unspecified atom stereocenters. The molecule has 1 aromatic rings. The molecule has 0 radical (unpaired) electrons. The third kappa shape index (κ3) is 2.62. The lowest BCUT2D eigenvalue weighted by Crippen LogP contribution is -3.00. The van der Waals surface area contributed by atoms with E-state index in [0.717, 1.165) is 0 Å². The highest BCUT2D eigenvalue weighted by atomic mass is 79.9. The van der Waals surface area contributed by atoms with Crippen LogP contribution in [0.3, 0.4) is 0 Å². The number of aromatic nitrogens is 2. The molecule has 4 heteroatoms. The first kappa shape index (κ1) is 8.65. The average Bonchev–Trinajstić information content (AvgIpc) is 2.19. The second-order valence-corrected chi connectivity index (χ2v) is 1.54. The molecule has 1 rings (SSSR count). The highest BCUT2D eigenvalue weighted by Crippen LogP contribution is 1.68. The lowest BCUT2D eigenvalue weighted by molar-refractivity contribution is -0.730. The number of imidazole rings is 1. The Morgan fingerprint density at radius 3 is 2.89 bits per heavy atom. The van der Waals surface area contributed by atoms with Gasteiger partial charge in [-0.25, -0.2) is 4.57 Å². The molecular weight excluding hydrogens is 184 g/mol. The Hall–Kier alpha value is -0.350. The molecule has 3 nitrogen and oxygen atoms in total. The molecule has 0 amide bonds. The van der Waals surface area contributed by atoms with Crippen molar-refractivity contribution < 1.29 is 26.3 Å². The van der Waals surface area contributed by atoms with Crippen molar-refractivity contribution in [2.24, 2.45) is 0 Å². The second kappa shape index (κ2) is 4.52. The number of nitrogens with zero attached hydrogens (tertiary/aromatic N) is 1. The molecule has 1 aromatic heterocycles. The standard InChI is InChI=1S/C5H8N2O.BrH/c1-8-5-7-3-2-6-4-7;/h2-4H,5H2,1H3;1H. The van der Waals surface area contributed by atoms with Crippen molar-refractivity contribution in [2.75, 3.05) is 7.11 Å². The first-order chi connectivity index (χ1) is 3.93. The van der Waals surface area contributed by atoms with Gasteiger partial charge in [0.1, 0.15) is 12.4 Å². The van der Waals surface area contributed by atoms with Crippen LogP contribution in [0.2, 0.25) is 0 Å². The first-order valence-electron chi connectivity index (χ1n) is 2.44. The van der Waals surface area contributed by atoms with Gasteiger partial charge in [0.15, 0.2) is 6.73 Å². The Morgan fingerprint density at radius 2 is 2.44 bits per heavy atom. The molecule has 0 spiro atoms. The molecule has 0 aliphatic heterocycles. The number of halogens is 1. The summed E-state index contributed by atoms with van der Waals surface area (Å²) in [7, 11) is 1.67. The summed E-state index contributed by atoms with van der Waals surface area (Å²) in [5, 5.41) is 0. The van der Waals surface area contributed by atoms with Crippen LogP contribution in [0.4, 0.5) is 0 Å². The fraction of sp³-hybridized carbons (Fsp3) is 0.400. The zero-order valence-corrected chi connectivity index (χ0v) is 6.76. The molecule has 1 heterocycles. The lowest BCUT2D eigenvalue weighted by atomic mass is 10.9. The quantitative estimate of drug-likeness (QED) is 0.495. The van der Waals surface area contributed by atoms with Crippen LogP contribution in [-0.2, 0) is 11.5 Å². The van der Waals surface area contributed by atoms with E-state index in [1.807, 2.05) is 23.3 Å². The number of ether oxygens (including phenoxy) is 1. The van der Waals surface area contributed by atoms with Gasteiger partial charge in [-0.1, -0.05) is 0 Å². The Labute approximate surface area is 64.4 Å². The zero-order chi connectivity index (χ0) is 5.82. The first-order valence-corrected chi connectivity index (χ1v) is 2.44. The summed E-state index contributed by atoms with van der Waals surface area (Å²) in [5.41, 5.74) is 0. The molecule has 0 fully saturated rings. The van der Waals surface area contributed by atoms with Crippen LogP contribution in [0.1, 0.15) is 0 Å². The van der Waals surface area contributed by atoms with Gasteiger partial charge in [0.25, 0.3) is 0 Å². The van der Waals surface area contributed by atoms with Crippen LogP contribution in [0.5, 0.6) is 0 Å². The van der Waals surface area contributed by atoms with E-state index >= 15 is 0 Å². The van der Waals surface area contributed by atoms with Crippen LogP contribution in [0, 0.1) is 0 Å². The SMILES string of the molecule is COC[n+]1cc[nH]c1.[Br-]. The van der Waals surface area contributed by atoms with E-state index in [9.17, 15) is 0 Å². The summed E-state index contributed by atoms with van der Waals surface area (Å²) in [4.78, 5) is 2.90. The maximum absolute atomic E-state index is 4.83. The van der Waals surface area contributed by atoms with E-state index < -0.39 is 0 Å². The summed E-state index contributed by atoms with van der Waals surface area (Å²) in [6.45, 7) is 0.615. The number of aromatic amines is 1. The Morgan fingerprint density at radius 1 is 1.67 bits per heavy atom. The number of hydrogen-bond acceptors (Lipinski definition) is 1. The third-order valence-electron chi connectivity index (χ3n) is 0.881. The predicted octanol–water partition coefficient (Wildman–Crippen LogP) is -3.09. The van der Waals surface area contributed by atoms with Crippen molar-refractivity contribution in [3.05, 3.63) is 18.7 Å². The van der Waals surface area contributed by atoms with Crippen molar-refractivity contribution in [1.29, 1.82) is 0 Å². The molecule has 0 saturated heterocycles. The Kier molecular flexibility index (Phi) is 4.35. The van der Waals surface area contributed by atoms with E-state index in [0.29, 0.717) is 6.73 Å². The maximum Gasteiger partial charge on any atom is 0.243 e. The van der Waals surface area contributed by atoms with Gasteiger partial charge < -0.3 is 21.7 Å². The number of hydrogen-bond donors (Lipinski definition) is 1. The van der Waals surface area contributed by atoms with Crippen LogP contribution in [0.15, 0.2) is 18.7 Å². The molecule has 0 aromatic carbocycles. The van der Waals surface area contributed by atoms with Crippen LogP contribution in [0.25, 0.3) is 0 Å². The second-order valence-electron chi connectivity index (χ2n) is 1.54. The molecule has 0 aliphatic rings. The normalized spacial score (nSPS) is 8.56.